The van der Waals surface area contributed by atoms with Gasteiger partial charge in [0.15, 0.2) is 5.82 Å². The fraction of sp³-hybridized carbons (Fsp3) is 0.294. The first-order chi connectivity index (χ1) is 22.5. The SMILES string of the molecule is COc1ccc(F)cc1C(=O)NCc1ccc(-c2ncc(-c3ccc(CN4CCN(C5CNC5)CC4)cn3)c3[nH]nc(N)c23)cc1. The Balaban J connectivity index is 1.03. The number of benzene rings is 2. The quantitative estimate of drug-likeness (QED) is 0.195. The molecule has 5 heterocycles. The van der Waals surface area contributed by atoms with E-state index < -0.39 is 11.7 Å². The Bertz CT molecular complexity index is 1850. The number of nitrogen functional groups attached to an aromatic ring is 1. The van der Waals surface area contributed by atoms with Crippen LogP contribution in [0, 0.1) is 5.82 Å². The van der Waals surface area contributed by atoms with E-state index >= 15 is 0 Å². The number of hydrogen-bond donors (Lipinski definition) is 4. The lowest BCUT2D eigenvalue weighted by atomic mass is 10.0. The maximum absolute atomic E-state index is 13.7. The number of amides is 1. The summed E-state index contributed by atoms with van der Waals surface area (Å²) in [5, 5.41) is 14.3. The lowest BCUT2D eigenvalue weighted by Crippen LogP contribution is -2.61. The molecule has 5 aromatic rings. The number of nitrogens with zero attached hydrogens (tertiary/aromatic N) is 5. The summed E-state index contributed by atoms with van der Waals surface area (Å²) < 4.78 is 18.9. The average molecular weight is 622 g/mol. The maximum Gasteiger partial charge on any atom is 0.255 e. The number of piperazine rings is 1. The molecular formula is C34H36FN9O2. The number of nitrogens with two attached hydrogens (primary N) is 1. The highest BCUT2D eigenvalue weighted by molar-refractivity contribution is 6.05. The van der Waals surface area contributed by atoms with Gasteiger partial charge in [-0.3, -0.25) is 29.7 Å². The number of pyridine rings is 2. The summed E-state index contributed by atoms with van der Waals surface area (Å²) in [6.45, 7) is 7.72. The first-order valence-corrected chi connectivity index (χ1v) is 15.4. The van der Waals surface area contributed by atoms with Crippen LogP contribution in [0.4, 0.5) is 10.2 Å². The molecular weight excluding hydrogens is 585 g/mol. The normalized spacial score (nSPS) is 16.0. The third-order valence-corrected chi connectivity index (χ3v) is 8.90. The predicted octanol–water partition coefficient (Wildman–Crippen LogP) is 3.44. The summed E-state index contributed by atoms with van der Waals surface area (Å²) >= 11 is 0. The first-order valence-electron chi connectivity index (χ1n) is 15.4. The summed E-state index contributed by atoms with van der Waals surface area (Å²) in [6, 6.07) is 16.4. The van der Waals surface area contributed by atoms with Crippen LogP contribution in [0.25, 0.3) is 33.4 Å². The summed E-state index contributed by atoms with van der Waals surface area (Å²) in [6.07, 6.45) is 3.74. The minimum absolute atomic E-state index is 0.140. The highest BCUT2D eigenvalue weighted by atomic mass is 19.1. The van der Waals surface area contributed by atoms with E-state index in [0.717, 1.165) is 85.2 Å². The zero-order chi connectivity index (χ0) is 31.6. The number of halogens is 1. The van der Waals surface area contributed by atoms with Crippen LogP contribution in [-0.4, -0.2) is 88.3 Å². The van der Waals surface area contributed by atoms with Crippen molar-refractivity contribution in [2.45, 2.75) is 19.1 Å². The van der Waals surface area contributed by atoms with Gasteiger partial charge >= 0.3 is 0 Å². The Kier molecular flexibility index (Phi) is 8.31. The van der Waals surface area contributed by atoms with Gasteiger partial charge < -0.3 is 21.1 Å². The van der Waals surface area contributed by atoms with E-state index in [1.807, 2.05) is 36.5 Å². The molecule has 0 bridgehead atoms. The molecule has 2 aromatic carbocycles. The predicted molar refractivity (Wildman–Crippen MR) is 175 cm³/mol. The summed E-state index contributed by atoms with van der Waals surface area (Å²) in [7, 11) is 1.44. The monoisotopic (exact) mass is 621 g/mol. The third kappa shape index (κ3) is 6.02. The van der Waals surface area contributed by atoms with Crippen molar-refractivity contribution in [3.8, 4) is 28.3 Å². The number of hydrogen-bond acceptors (Lipinski definition) is 9. The van der Waals surface area contributed by atoms with Crippen LogP contribution in [0.3, 0.4) is 0 Å². The van der Waals surface area contributed by atoms with Crippen molar-refractivity contribution in [1.82, 2.24) is 40.6 Å². The molecule has 2 saturated heterocycles. The molecule has 0 aliphatic carbocycles. The fourth-order valence-electron chi connectivity index (χ4n) is 6.13. The molecule has 12 heteroatoms. The summed E-state index contributed by atoms with van der Waals surface area (Å²) in [5.74, 6) is -0.267. The van der Waals surface area contributed by atoms with Gasteiger partial charge in [0.05, 0.1) is 35.0 Å². The summed E-state index contributed by atoms with van der Waals surface area (Å²) in [4.78, 5) is 27.4. The fourth-order valence-corrected chi connectivity index (χ4v) is 6.13. The van der Waals surface area contributed by atoms with Crippen LogP contribution < -0.4 is 21.1 Å². The molecule has 2 aliphatic heterocycles. The van der Waals surface area contributed by atoms with E-state index in [1.165, 1.54) is 24.8 Å². The van der Waals surface area contributed by atoms with Gasteiger partial charge in [-0.2, -0.15) is 5.10 Å². The van der Waals surface area contributed by atoms with Crippen LogP contribution >= 0.6 is 0 Å². The Morgan fingerprint density at radius 1 is 1.02 bits per heavy atom. The van der Waals surface area contributed by atoms with Gasteiger partial charge in [0.25, 0.3) is 5.91 Å². The van der Waals surface area contributed by atoms with Gasteiger partial charge in [0.1, 0.15) is 11.6 Å². The molecule has 0 radical (unpaired) electrons. The van der Waals surface area contributed by atoms with Gasteiger partial charge in [-0.25, -0.2) is 4.39 Å². The molecule has 46 heavy (non-hydrogen) atoms. The first kappa shape index (κ1) is 29.8. The number of carbonyl (C=O) groups is 1. The van der Waals surface area contributed by atoms with E-state index in [4.69, 9.17) is 20.4 Å². The lowest BCUT2D eigenvalue weighted by Gasteiger charge is -2.43. The highest BCUT2D eigenvalue weighted by Crippen LogP contribution is 2.35. The topological polar surface area (TPSA) is 137 Å². The molecule has 11 nitrogen and oxygen atoms in total. The standard InChI is InChI=1S/C34H36FN9O2/c1-46-29-9-7-24(35)14-26(29)34(45)40-15-21-2-5-23(6-3-21)31-30-32(41-42-33(30)36)27(19-39-31)28-8-4-22(16-38-28)20-43-10-12-44(13-11-43)25-17-37-18-25/h2-9,14,16,19,25,37H,10-13,15,17-18,20H2,1H3,(H,40,45)(H3,36,41,42). The Labute approximate surface area is 266 Å². The Hall–Kier alpha value is -4.91. The van der Waals surface area contributed by atoms with Gasteiger partial charge in [-0.15, -0.1) is 0 Å². The van der Waals surface area contributed by atoms with Crippen molar-refractivity contribution >= 4 is 22.6 Å². The molecule has 3 aromatic heterocycles. The summed E-state index contributed by atoms with van der Waals surface area (Å²) in [5.41, 5.74) is 12.4. The largest absolute Gasteiger partial charge is 0.496 e. The number of H-pyrrole nitrogens is 1. The minimum Gasteiger partial charge on any atom is -0.496 e. The van der Waals surface area contributed by atoms with Gasteiger partial charge in [-0.1, -0.05) is 30.3 Å². The van der Waals surface area contributed by atoms with E-state index in [2.05, 4.69) is 36.7 Å². The molecule has 236 valence electrons. The molecule has 0 atom stereocenters. The number of methoxy groups -OCH3 is 1. The van der Waals surface area contributed by atoms with Crippen LogP contribution in [0.2, 0.25) is 0 Å². The van der Waals surface area contributed by atoms with E-state index in [9.17, 15) is 9.18 Å². The van der Waals surface area contributed by atoms with Crippen LogP contribution in [0.5, 0.6) is 5.75 Å². The number of aromatic amines is 1. The van der Waals surface area contributed by atoms with Crippen molar-refractivity contribution in [3.63, 3.8) is 0 Å². The zero-order valence-electron chi connectivity index (χ0n) is 25.6. The van der Waals surface area contributed by atoms with E-state index in [-0.39, 0.29) is 12.1 Å². The number of anilines is 1. The van der Waals surface area contributed by atoms with Crippen molar-refractivity contribution in [2.24, 2.45) is 0 Å². The molecule has 2 aliphatic rings. The van der Waals surface area contributed by atoms with Crippen molar-refractivity contribution < 1.29 is 13.9 Å². The maximum atomic E-state index is 13.7. The molecule has 0 spiro atoms. The number of rotatable bonds is 9. The lowest BCUT2D eigenvalue weighted by molar-refractivity contribution is 0.0695. The van der Waals surface area contributed by atoms with E-state index in [1.54, 1.807) is 6.20 Å². The van der Waals surface area contributed by atoms with E-state index in [0.29, 0.717) is 23.3 Å². The smallest absolute Gasteiger partial charge is 0.255 e. The molecule has 5 N–H and O–H groups in total. The van der Waals surface area contributed by atoms with Crippen molar-refractivity contribution in [2.75, 3.05) is 52.1 Å². The molecule has 1 amide bonds. The highest BCUT2D eigenvalue weighted by Gasteiger charge is 2.27. The van der Waals surface area contributed by atoms with Crippen LogP contribution in [0.1, 0.15) is 21.5 Å². The van der Waals surface area contributed by atoms with Crippen LogP contribution in [0.15, 0.2) is 67.0 Å². The van der Waals surface area contributed by atoms with Crippen LogP contribution in [-0.2, 0) is 13.1 Å². The Morgan fingerprint density at radius 2 is 1.80 bits per heavy atom. The number of ether oxygens (including phenoxy) is 1. The average Bonchev–Trinajstić information content (AvgIpc) is 3.45. The number of carbonyl (C=O) groups excluding carboxylic acids is 1. The van der Waals surface area contributed by atoms with Crippen molar-refractivity contribution in [3.05, 3.63) is 89.5 Å². The number of nitrogens with one attached hydrogen (secondary N) is 3. The second kappa shape index (κ2) is 12.8. The molecule has 7 rings (SSSR count). The second-order valence-corrected chi connectivity index (χ2v) is 11.8. The number of fused-ring (bicyclic) bond motifs is 1. The third-order valence-electron chi connectivity index (χ3n) is 8.90. The second-order valence-electron chi connectivity index (χ2n) is 11.8. The van der Waals surface area contributed by atoms with Gasteiger partial charge in [0, 0.05) is 81.9 Å². The van der Waals surface area contributed by atoms with Gasteiger partial charge in [-0.05, 0) is 35.4 Å². The molecule has 0 unspecified atom stereocenters. The zero-order valence-corrected chi connectivity index (χ0v) is 25.6. The minimum atomic E-state index is -0.506. The van der Waals surface area contributed by atoms with Crippen molar-refractivity contribution in [1.29, 1.82) is 0 Å². The number of aromatic nitrogens is 4. The Morgan fingerprint density at radius 3 is 2.50 bits per heavy atom. The molecule has 2 fully saturated rings. The van der Waals surface area contributed by atoms with Gasteiger partial charge in [0.2, 0.25) is 0 Å². The molecule has 0 saturated carbocycles.